The SMILES string of the molecule is CCC(O)(CC)CNC(=O)C(=O)Nc1cc(C)ccc1F. The van der Waals surface area contributed by atoms with Gasteiger partial charge < -0.3 is 15.7 Å². The van der Waals surface area contributed by atoms with Crippen LogP contribution in [0.1, 0.15) is 32.3 Å². The molecule has 0 saturated carbocycles. The first-order valence-corrected chi connectivity index (χ1v) is 6.89. The highest BCUT2D eigenvalue weighted by atomic mass is 19.1. The summed E-state index contributed by atoms with van der Waals surface area (Å²) in [4.78, 5) is 23.4. The van der Waals surface area contributed by atoms with Crippen LogP contribution >= 0.6 is 0 Å². The molecule has 1 aromatic carbocycles. The van der Waals surface area contributed by atoms with E-state index in [-0.39, 0.29) is 12.2 Å². The zero-order valence-electron chi connectivity index (χ0n) is 12.5. The molecule has 0 aliphatic rings. The molecular weight excluding hydrogens is 275 g/mol. The van der Waals surface area contributed by atoms with Crippen molar-refractivity contribution in [3.05, 3.63) is 29.6 Å². The Bertz CT molecular complexity index is 528. The summed E-state index contributed by atoms with van der Waals surface area (Å²) >= 11 is 0. The van der Waals surface area contributed by atoms with E-state index in [4.69, 9.17) is 0 Å². The Morgan fingerprint density at radius 2 is 1.86 bits per heavy atom. The smallest absolute Gasteiger partial charge is 0.313 e. The maximum atomic E-state index is 13.5. The van der Waals surface area contributed by atoms with Crippen LogP contribution in [0.3, 0.4) is 0 Å². The van der Waals surface area contributed by atoms with Crippen molar-refractivity contribution in [3.8, 4) is 0 Å². The summed E-state index contributed by atoms with van der Waals surface area (Å²) in [6.45, 7) is 5.30. The van der Waals surface area contributed by atoms with Crippen LogP contribution in [0.5, 0.6) is 0 Å². The zero-order chi connectivity index (χ0) is 16.0. The average Bonchev–Trinajstić information content (AvgIpc) is 2.48. The quantitative estimate of drug-likeness (QED) is 0.724. The number of aryl methyl sites for hydroxylation is 1. The van der Waals surface area contributed by atoms with Gasteiger partial charge in [-0.15, -0.1) is 0 Å². The monoisotopic (exact) mass is 296 g/mol. The van der Waals surface area contributed by atoms with Gasteiger partial charge in [0.1, 0.15) is 5.82 Å². The third-order valence-corrected chi connectivity index (χ3v) is 3.47. The number of amides is 2. The molecule has 0 radical (unpaired) electrons. The summed E-state index contributed by atoms with van der Waals surface area (Å²) in [6.07, 6.45) is 0.913. The molecule has 0 saturated heterocycles. The Morgan fingerprint density at radius 3 is 2.43 bits per heavy atom. The van der Waals surface area contributed by atoms with Gasteiger partial charge in [0.25, 0.3) is 0 Å². The summed E-state index contributed by atoms with van der Waals surface area (Å²) in [5, 5.41) is 14.6. The van der Waals surface area contributed by atoms with Crippen LogP contribution in [0.2, 0.25) is 0 Å². The minimum atomic E-state index is -1.04. The number of carbonyl (C=O) groups is 2. The molecule has 1 rings (SSSR count). The van der Waals surface area contributed by atoms with E-state index in [1.54, 1.807) is 26.8 Å². The van der Waals surface area contributed by atoms with Crippen LogP contribution in [0.25, 0.3) is 0 Å². The lowest BCUT2D eigenvalue weighted by Gasteiger charge is -2.25. The highest BCUT2D eigenvalue weighted by molar-refractivity contribution is 6.39. The second-order valence-electron chi connectivity index (χ2n) is 5.05. The number of hydrogen-bond donors (Lipinski definition) is 3. The lowest BCUT2D eigenvalue weighted by molar-refractivity contribution is -0.136. The van der Waals surface area contributed by atoms with E-state index < -0.39 is 23.2 Å². The van der Waals surface area contributed by atoms with Crippen LogP contribution in [0.15, 0.2) is 18.2 Å². The summed E-state index contributed by atoms with van der Waals surface area (Å²) in [6, 6.07) is 4.22. The Kier molecular flexibility index (Phi) is 5.84. The third-order valence-electron chi connectivity index (χ3n) is 3.47. The van der Waals surface area contributed by atoms with Crippen molar-refractivity contribution in [2.45, 2.75) is 39.2 Å². The summed E-state index contributed by atoms with van der Waals surface area (Å²) in [5.41, 5.74) is -0.320. The molecule has 6 heteroatoms. The molecule has 0 atom stereocenters. The highest BCUT2D eigenvalue weighted by Gasteiger charge is 2.24. The minimum absolute atomic E-state index is 0.0252. The maximum absolute atomic E-state index is 13.5. The first-order valence-electron chi connectivity index (χ1n) is 6.89. The van der Waals surface area contributed by atoms with E-state index in [0.717, 1.165) is 5.56 Å². The van der Waals surface area contributed by atoms with Crippen molar-refractivity contribution >= 4 is 17.5 Å². The predicted octanol–water partition coefficient (Wildman–Crippen LogP) is 1.74. The lowest BCUT2D eigenvalue weighted by atomic mass is 9.98. The number of aliphatic hydroxyl groups is 1. The van der Waals surface area contributed by atoms with Gasteiger partial charge in [0.15, 0.2) is 0 Å². The summed E-state index contributed by atoms with van der Waals surface area (Å²) in [5.74, 6) is -2.48. The highest BCUT2D eigenvalue weighted by Crippen LogP contribution is 2.16. The molecule has 3 N–H and O–H groups in total. The number of rotatable bonds is 5. The zero-order valence-corrected chi connectivity index (χ0v) is 12.5. The van der Waals surface area contributed by atoms with E-state index in [1.165, 1.54) is 12.1 Å². The van der Waals surface area contributed by atoms with Gasteiger partial charge in [-0.2, -0.15) is 0 Å². The Morgan fingerprint density at radius 1 is 1.24 bits per heavy atom. The second kappa shape index (κ2) is 7.17. The van der Waals surface area contributed by atoms with Crippen LogP contribution in [-0.4, -0.2) is 29.1 Å². The van der Waals surface area contributed by atoms with Crippen molar-refractivity contribution in [2.24, 2.45) is 0 Å². The van der Waals surface area contributed by atoms with Gasteiger partial charge in [0, 0.05) is 6.54 Å². The molecule has 0 unspecified atom stereocenters. The van der Waals surface area contributed by atoms with E-state index in [0.29, 0.717) is 12.8 Å². The molecule has 0 bridgehead atoms. The fourth-order valence-electron chi connectivity index (χ4n) is 1.74. The predicted molar refractivity (Wildman–Crippen MR) is 78.3 cm³/mol. The Balaban J connectivity index is 2.63. The van der Waals surface area contributed by atoms with Gasteiger partial charge in [-0.3, -0.25) is 9.59 Å². The molecule has 0 aliphatic carbocycles. The molecule has 2 amide bonds. The van der Waals surface area contributed by atoms with Gasteiger partial charge in [0.05, 0.1) is 11.3 Å². The van der Waals surface area contributed by atoms with E-state index in [2.05, 4.69) is 10.6 Å². The number of benzene rings is 1. The number of carbonyl (C=O) groups excluding carboxylic acids is 2. The molecule has 0 spiro atoms. The molecule has 21 heavy (non-hydrogen) atoms. The van der Waals surface area contributed by atoms with E-state index >= 15 is 0 Å². The van der Waals surface area contributed by atoms with Crippen molar-refractivity contribution in [3.63, 3.8) is 0 Å². The van der Waals surface area contributed by atoms with E-state index in [9.17, 15) is 19.1 Å². The van der Waals surface area contributed by atoms with Crippen LogP contribution < -0.4 is 10.6 Å². The third kappa shape index (κ3) is 4.82. The van der Waals surface area contributed by atoms with Crippen LogP contribution in [0.4, 0.5) is 10.1 Å². The minimum Gasteiger partial charge on any atom is -0.388 e. The fourth-order valence-corrected chi connectivity index (χ4v) is 1.74. The maximum Gasteiger partial charge on any atom is 0.313 e. The fraction of sp³-hybridized carbons (Fsp3) is 0.467. The Labute approximate surface area is 123 Å². The molecule has 0 aliphatic heterocycles. The molecule has 0 fully saturated rings. The normalized spacial score (nSPS) is 11.1. The topological polar surface area (TPSA) is 78.4 Å². The number of nitrogens with one attached hydrogen (secondary N) is 2. The standard InChI is InChI=1S/C15H21FN2O3/c1-4-15(21,5-2)9-17-13(19)14(20)18-12-8-10(3)6-7-11(12)16/h6-8,21H,4-5,9H2,1-3H3,(H,17,19)(H,18,20). The van der Waals surface area contributed by atoms with Crippen molar-refractivity contribution < 1.29 is 19.1 Å². The largest absolute Gasteiger partial charge is 0.388 e. The molecular formula is C15H21FN2O3. The first-order chi connectivity index (χ1) is 9.81. The molecule has 5 nitrogen and oxygen atoms in total. The molecule has 1 aromatic rings. The molecule has 116 valence electrons. The number of halogens is 1. The first kappa shape index (κ1) is 17.1. The van der Waals surface area contributed by atoms with Gasteiger partial charge in [-0.1, -0.05) is 19.9 Å². The average molecular weight is 296 g/mol. The van der Waals surface area contributed by atoms with Gasteiger partial charge in [0.2, 0.25) is 0 Å². The Hall–Kier alpha value is -1.95. The lowest BCUT2D eigenvalue weighted by Crippen LogP contribution is -2.45. The van der Waals surface area contributed by atoms with Gasteiger partial charge in [-0.05, 0) is 37.5 Å². The summed E-state index contributed by atoms with van der Waals surface area (Å²) in [7, 11) is 0. The summed E-state index contributed by atoms with van der Waals surface area (Å²) < 4.78 is 13.5. The van der Waals surface area contributed by atoms with Crippen LogP contribution in [-0.2, 0) is 9.59 Å². The van der Waals surface area contributed by atoms with Crippen molar-refractivity contribution in [2.75, 3.05) is 11.9 Å². The van der Waals surface area contributed by atoms with Gasteiger partial charge >= 0.3 is 11.8 Å². The molecule has 0 aromatic heterocycles. The molecule has 0 heterocycles. The van der Waals surface area contributed by atoms with Gasteiger partial charge in [-0.25, -0.2) is 4.39 Å². The second-order valence-corrected chi connectivity index (χ2v) is 5.05. The number of anilines is 1. The number of hydrogen-bond acceptors (Lipinski definition) is 3. The van der Waals surface area contributed by atoms with Crippen molar-refractivity contribution in [1.29, 1.82) is 0 Å². The van der Waals surface area contributed by atoms with E-state index in [1.807, 2.05) is 0 Å². The van der Waals surface area contributed by atoms with Crippen LogP contribution in [0, 0.1) is 12.7 Å². The van der Waals surface area contributed by atoms with Crippen molar-refractivity contribution in [1.82, 2.24) is 5.32 Å².